The van der Waals surface area contributed by atoms with Crippen LogP contribution in [0.1, 0.15) is 12.2 Å². The molecule has 0 fully saturated rings. The van der Waals surface area contributed by atoms with Gasteiger partial charge in [-0.2, -0.15) is 0 Å². The molecule has 0 aliphatic carbocycles. The van der Waals surface area contributed by atoms with E-state index in [1.165, 1.54) is 0 Å². The number of aromatic nitrogens is 2. The molecule has 2 amide bonds. The molecule has 0 bridgehead atoms. The highest BCUT2D eigenvalue weighted by molar-refractivity contribution is 6.21. The average molecular weight is 474 g/mol. The van der Waals surface area contributed by atoms with E-state index in [4.69, 9.17) is 0 Å². The van der Waals surface area contributed by atoms with Gasteiger partial charge in [0, 0.05) is 34.8 Å². The number of rotatable bonds is 5. The number of fused-ring (bicyclic) bond motifs is 3. The number of hydrogen-bond acceptors (Lipinski definition) is 4. The lowest BCUT2D eigenvalue weighted by Crippen LogP contribution is -2.26. The van der Waals surface area contributed by atoms with E-state index < -0.39 is 0 Å². The molecule has 1 aliphatic heterocycles. The Labute approximate surface area is 208 Å². The normalized spacial score (nSPS) is 13.3. The number of nitrogens with one attached hydrogen (secondary N) is 2. The first-order valence-corrected chi connectivity index (χ1v) is 11.7. The Hall–Kier alpha value is -4.91. The summed E-state index contributed by atoms with van der Waals surface area (Å²) in [6.07, 6.45) is 3.46. The number of amides is 2. The van der Waals surface area contributed by atoms with Crippen LogP contribution in [-0.2, 0) is 16.1 Å². The third-order valence-corrected chi connectivity index (χ3v) is 6.30. The van der Waals surface area contributed by atoms with E-state index >= 15 is 0 Å². The maximum Gasteiger partial charge on any atom is 0.241 e. The van der Waals surface area contributed by atoms with Gasteiger partial charge in [0.1, 0.15) is 12.2 Å². The number of anilines is 4. The number of nitrogens with zero attached hydrogens (tertiary/aromatic N) is 3. The standard InChI is InChI=1S/C29H23N5O2/c35-27-18-28(36)34(25-15-10-20-6-4-5-9-24(20)29(25)32-27)23-13-11-22(12-14-23)33-17-16-30-26(33)19-31-21-7-2-1-3-8-21/h1-17,31H,18-19H2,(H,32,35). The van der Waals surface area contributed by atoms with E-state index in [0.717, 1.165) is 28.0 Å². The summed E-state index contributed by atoms with van der Waals surface area (Å²) in [4.78, 5) is 31.8. The first-order valence-electron chi connectivity index (χ1n) is 11.7. The number of carbonyl (C=O) groups excluding carboxylic acids is 2. The van der Waals surface area contributed by atoms with Gasteiger partial charge in [0.25, 0.3) is 0 Å². The zero-order valence-electron chi connectivity index (χ0n) is 19.4. The van der Waals surface area contributed by atoms with Gasteiger partial charge in [-0.25, -0.2) is 4.98 Å². The zero-order chi connectivity index (χ0) is 24.5. The number of para-hydroxylation sites is 1. The molecule has 0 radical (unpaired) electrons. The van der Waals surface area contributed by atoms with Crippen LogP contribution in [-0.4, -0.2) is 21.4 Å². The van der Waals surface area contributed by atoms with E-state index in [1.54, 1.807) is 11.1 Å². The fourth-order valence-corrected chi connectivity index (χ4v) is 4.59. The van der Waals surface area contributed by atoms with Crippen LogP contribution < -0.4 is 15.5 Å². The lowest BCUT2D eigenvalue weighted by atomic mass is 10.1. The van der Waals surface area contributed by atoms with Gasteiger partial charge in [-0.3, -0.25) is 14.5 Å². The summed E-state index contributed by atoms with van der Waals surface area (Å²) >= 11 is 0. The Balaban J connectivity index is 1.33. The summed E-state index contributed by atoms with van der Waals surface area (Å²) in [5.74, 6) is 0.277. The predicted octanol–water partition coefficient (Wildman–Crippen LogP) is 5.64. The van der Waals surface area contributed by atoms with E-state index in [2.05, 4.69) is 15.6 Å². The van der Waals surface area contributed by atoms with Crippen LogP contribution in [0.5, 0.6) is 0 Å². The highest BCUT2D eigenvalue weighted by Gasteiger charge is 2.28. The summed E-state index contributed by atoms with van der Waals surface area (Å²) < 4.78 is 2.01. The van der Waals surface area contributed by atoms with Gasteiger partial charge in [-0.05, 0) is 47.9 Å². The second-order valence-electron chi connectivity index (χ2n) is 8.58. The molecule has 0 atom stereocenters. The minimum Gasteiger partial charge on any atom is -0.378 e. The van der Waals surface area contributed by atoms with Gasteiger partial charge in [-0.15, -0.1) is 0 Å². The summed E-state index contributed by atoms with van der Waals surface area (Å²) in [5, 5.41) is 8.23. The Kier molecular flexibility index (Phi) is 5.42. The molecular weight excluding hydrogens is 450 g/mol. The number of benzene rings is 4. The van der Waals surface area contributed by atoms with Gasteiger partial charge < -0.3 is 15.2 Å². The van der Waals surface area contributed by atoms with Crippen LogP contribution in [0.25, 0.3) is 16.5 Å². The molecule has 36 heavy (non-hydrogen) atoms. The quantitative estimate of drug-likeness (QED) is 0.324. The third-order valence-electron chi connectivity index (χ3n) is 6.30. The fraction of sp³-hybridized carbons (Fsp3) is 0.0690. The number of carbonyl (C=O) groups is 2. The van der Waals surface area contributed by atoms with Crippen LogP contribution in [0.3, 0.4) is 0 Å². The molecule has 5 aromatic rings. The lowest BCUT2D eigenvalue weighted by Gasteiger charge is -2.23. The molecule has 176 valence electrons. The molecule has 7 heteroatoms. The van der Waals surface area contributed by atoms with E-state index in [9.17, 15) is 9.59 Å². The molecule has 7 nitrogen and oxygen atoms in total. The van der Waals surface area contributed by atoms with Crippen molar-refractivity contribution < 1.29 is 9.59 Å². The van der Waals surface area contributed by atoms with E-state index in [0.29, 0.717) is 23.6 Å². The molecule has 0 saturated carbocycles. The molecule has 0 unspecified atom stereocenters. The summed E-state index contributed by atoms with van der Waals surface area (Å²) in [6.45, 7) is 0.567. The smallest absolute Gasteiger partial charge is 0.241 e. The van der Waals surface area contributed by atoms with Crippen molar-refractivity contribution >= 4 is 45.3 Å². The third kappa shape index (κ3) is 3.96. The number of imidazole rings is 1. The lowest BCUT2D eigenvalue weighted by molar-refractivity contribution is -0.124. The second kappa shape index (κ2) is 9.03. The van der Waals surface area contributed by atoms with Crippen molar-refractivity contribution in [3.63, 3.8) is 0 Å². The maximum absolute atomic E-state index is 13.2. The SMILES string of the molecule is O=C1CC(=O)N(c2ccc(-n3ccnc3CNc3ccccc3)cc2)c2ccc3ccccc3c2N1. The molecule has 4 aromatic carbocycles. The first kappa shape index (κ1) is 21.6. The topological polar surface area (TPSA) is 79.3 Å². The predicted molar refractivity (Wildman–Crippen MR) is 142 cm³/mol. The van der Waals surface area contributed by atoms with Gasteiger partial charge in [0.05, 0.1) is 17.9 Å². The van der Waals surface area contributed by atoms with Crippen molar-refractivity contribution in [2.24, 2.45) is 0 Å². The Bertz CT molecular complexity index is 1570. The minimum absolute atomic E-state index is 0.221. The highest BCUT2D eigenvalue weighted by Crippen LogP contribution is 2.40. The Morgan fingerprint density at radius 1 is 0.833 bits per heavy atom. The van der Waals surface area contributed by atoms with Crippen molar-refractivity contribution in [3.05, 3.63) is 109 Å². The van der Waals surface area contributed by atoms with Crippen molar-refractivity contribution in [3.8, 4) is 5.69 Å². The molecule has 2 heterocycles. The molecule has 2 N–H and O–H groups in total. The van der Waals surface area contributed by atoms with Crippen LogP contribution in [0.2, 0.25) is 0 Å². The number of hydrogen-bond donors (Lipinski definition) is 2. The Morgan fingerprint density at radius 2 is 1.58 bits per heavy atom. The minimum atomic E-state index is -0.314. The zero-order valence-corrected chi connectivity index (χ0v) is 19.4. The summed E-state index contributed by atoms with van der Waals surface area (Å²) in [6, 6.07) is 29.4. The van der Waals surface area contributed by atoms with Gasteiger partial charge in [0.2, 0.25) is 11.8 Å². The molecule has 0 spiro atoms. The molecule has 0 saturated heterocycles. The van der Waals surface area contributed by atoms with Crippen molar-refractivity contribution in [2.75, 3.05) is 15.5 Å². The summed E-state index contributed by atoms with van der Waals surface area (Å²) in [7, 11) is 0. The van der Waals surface area contributed by atoms with Crippen LogP contribution in [0.15, 0.2) is 103 Å². The van der Waals surface area contributed by atoms with Crippen LogP contribution in [0.4, 0.5) is 22.7 Å². The largest absolute Gasteiger partial charge is 0.378 e. The van der Waals surface area contributed by atoms with Crippen molar-refractivity contribution in [1.29, 1.82) is 0 Å². The maximum atomic E-state index is 13.2. The van der Waals surface area contributed by atoms with E-state index in [-0.39, 0.29) is 18.2 Å². The second-order valence-corrected chi connectivity index (χ2v) is 8.58. The molecular formula is C29H23N5O2. The van der Waals surface area contributed by atoms with Gasteiger partial charge >= 0.3 is 0 Å². The first-order chi connectivity index (χ1) is 17.7. The van der Waals surface area contributed by atoms with Crippen molar-refractivity contribution in [1.82, 2.24) is 9.55 Å². The van der Waals surface area contributed by atoms with Crippen LogP contribution >= 0.6 is 0 Å². The Morgan fingerprint density at radius 3 is 2.42 bits per heavy atom. The fourth-order valence-electron chi connectivity index (χ4n) is 4.59. The van der Waals surface area contributed by atoms with Crippen LogP contribution in [0, 0.1) is 0 Å². The molecule has 6 rings (SSSR count). The van der Waals surface area contributed by atoms with E-state index in [1.807, 2.05) is 102 Å². The molecule has 1 aliphatic rings. The van der Waals surface area contributed by atoms with Gasteiger partial charge in [-0.1, -0.05) is 48.5 Å². The molecule has 1 aromatic heterocycles. The van der Waals surface area contributed by atoms with Gasteiger partial charge in [0.15, 0.2) is 0 Å². The highest BCUT2D eigenvalue weighted by atomic mass is 16.2. The average Bonchev–Trinajstić information content (AvgIpc) is 3.33. The summed E-state index contributed by atoms with van der Waals surface area (Å²) in [5.41, 5.74) is 3.96. The van der Waals surface area contributed by atoms with Crippen molar-refractivity contribution in [2.45, 2.75) is 13.0 Å². The monoisotopic (exact) mass is 473 g/mol.